The highest BCUT2D eigenvalue weighted by molar-refractivity contribution is 6.31. The van der Waals surface area contributed by atoms with Gasteiger partial charge in [-0.25, -0.2) is 0 Å². The normalized spacial score (nSPS) is 13.0. The lowest BCUT2D eigenvalue weighted by Crippen LogP contribution is -2.40. The first-order valence-electron chi connectivity index (χ1n) is 8.88. The van der Waals surface area contributed by atoms with Gasteiger partial charge in [0.15, 0.2) is 0 Å². The largest absolute Gasteiger partial charge is 0.457 e. The van der Waals surface area contributed by atoms with Crippen molar-refractivity contribution in [2.24, 2.45) is 5.73 Å². The van der Waals surface area contributed by atoms with Crippen molar-refractivity contribution in [3.8, 4) is 11.5 Å². The van der Waals surface area contributed by atoms with E-state index in [4.69, 9.17) is 22.1 Å². The lowest BCUT2D eigenvalue weighted by molar-refractivity contribution is 0.198. The Morgan fingerprint density at radius 1 is 1.12 bits per heavy atom. The van der Waals surface area contributed by atoms with Crippen LogP contribution in [-0.4, -0.2) is 17.3 Å². The number of aryl methyl sites for hydroxylation is 2. The summed E-state index contributed by atoms with van der Waals surface area (Å²) in [6.07, 6.45) is 4.62. The van der Waals surface area contributed by atoms with Crippen molar-refractivity contribution in [2.75, 3.05) is 6.61 Å². The summed E-state index contributed by atoms with van der Waals surface area (Å²) in [5.41, 5.74) is 7.78. The Kier molecular flexibility index (Phi) is 9.45. The molecule has 0 heterocycles. The van der Waals surface area contributed by atoms with Gasteiger partial charge in [-0.05, 0) is 68.0 Å². The van der Waals surface area contributed by atoms with E-state index in [9.17, 15) is 5.11 Å². The summed E-state index contributed by atoms with van der Waals surface area (Å²) < 4.78 is 5.94. The molecule has 0 fully saturated rings. The summed E-state index contributed by atoms with van der Waals surface area (Å²) in [5.74, 6) is 1.57. The van der Waals surface area contributed by atoms with Gasteiger partial charge in [0.1, 0.15) is 11.5 Å². The second kappa shape index (κ2) is 10.8. The minimum atomic E-state index is -0.529. The first-order chi connectivity index (χ1) is 11.9. The van der Waals surface area contributed by atoms with Crippen LogP contribution in [0.5, 0.6) is 11.5 Å². The van der Waals surface area contributed by atoms with Crippen LogP contribution in [0.4, 0.5) is 0 Å². The van der Waals surface area contributed by atoms with E-state index in [-0.39, 0.29) is 19.0 Å². The van der Waals surface area contributed by atoms with Gasteiger partial charge in [0.2, 0.25) is 0 Å². The van der Waals surface area contributed by atoms with Crippen molar-refractivity contribution < 1.29 is 9.84 Å². The number of ether oxygens (including phenoxy) is 1. The Bertz CT molecular complexity index is 689. The van der Waals surface area contributed by atoms with E-state index < -0.39 is 5.54 Å². The van der Waals surface area contributed by atoms with Crippen LogP contribution in [-0.2, 0) is 12.8 Å². The van der Waals surface area contributed by atoms with Gasteiger partial charge in [0, 0.05) is 10.6 Å². The van der Waals surface area contributed by atoms with Crippen molar-refractivity contribution in [2.45, 2.75) is 51.5 Å². The molecule has 0 saturated heterocycles. The van der Waals surface area contributed by atoms with Gasteiger partial charge in [-0.3, -0.25) is 0 Å². The lowest BCUT2D eigenvalue weighted by Gasteiger charge is -2.21. The highest BCUT2D eigenvalue weighted by Gasteiger charge is 2.16. The zero-order valence-corrected chi connectivity index (χ0v) is 17.1. The Morgan fingerprint density at radius 2 is 1.85 bits per heavy atom. The van der Waals surface area contributed by atoms with Crippen LogP contribution in [0.3, 0.4) is 0 Å². The maximum absolute atomic E-state index is 9.21. The first-order valence-corrected chi connectivity index (χ1v) is 9.26. The number of rotatable bonds is 9. The van der Waals surface area contributed by atoms with Crippen molar-refractivity contribution in [1.29, 1.82) is 0 Å². The van der Waals surface area contributed by atoms with Crippen LogP contribution < -0.4 is 10.5 Å². The maximum Gasteiger partial charge on any atom is 0.128 e. The summed E-state index contributed by atoms with van der Waals surface area (Å²) >= 11 is 6.40. The molecule has 26 heavy (non-hydrogen) atoms. The zero-order valence-electron chi connectivity index (χ0n) is 15.5. The number of hydrogen-bond acceptors (Lipinski definition) is 3. The standard InChI is InChI=1S/C21H28ClNO2.ClH/c1-3-6-16-7-4-9-18(13-16)25-19-11-10-17(20(22)14-19)8-5-12-21(2,23)15-24;/h4,7,9-11,13-14,24H,3,5-6,8,12,15,23H2,1-2H3;1H. The molecule has 2 aromatic carbocycles. The van der Waals surface area contributed by atoms with E-state index in [0.29, 0.717) is 5.02 Å². The van der Waals surface area contributed by atoms with Gasteiger partial charge in [-0.1, -0.05) is 43.1 Å². The third-order valence-corrected chi connectivity index (χ3v) is 4.60. The monoisotopic (exact) mass is 397 g/mol. The summed E-state index contributed by atoms with van der Waals surface area (Å²) in [6, 6.07) is 14.0. The molecule has 144 valence electrons. The first kappa shape index (κ1) is 22.8. The molecule has 2 rings (SSSR count). The number of aliphatic hydroxyl groups is 1. The van der Waals surface area contributed by atoms with Crippen LogP contribution in [0.1, 0.15) is 44.2 Å². The fraction of sp³-hybridized carbons (Fsp3) is 0.429. The second-order valence-electron chi connectivity index (χ2n) is 6.92. The summed E-state index contributed by atoms with van der Waals surface area (Å²) in [7, 11) is 0. The van der Waals surface area contributed by atoms with Gasteiger partial charge < -0.3 is 15.6 Å². The van der Waals surface area contributed by atoms with E-state index in [1.165, 1.54) is 5.56 Å². The SMILES string of the molecule is CCCc1cccc(Oc2ccc(CCCC(C)(N)CO)c(Cl)c2)c1.Cl. The minimum absolute atomic E-state index is 0. The van der Waals surface area contributed by atoms with Crippen LogP contribution in [0.2, 0.25) is 5.02 Å². The van der Waals surface area contributed by atoms with Crippen LogP contribution in [0.15, 0.2) is 42.5 Å². The number of aliphatic hydroxyl groups excluding tert-OH is 1. The van der Waals surface area contributed by atoms with Gasteiger partial charge in [0.05, 0.1) is 6.61 Å². The molecule has 0 aromatic heterocycles. The average Bonchev–Trinajstić information content (AvgIpc) is 2.57. The third kappa shape index (κ3) is 7.16. The molecule has 3 N–H and O–H groups in total. The van der Waals surface area contributed by atoms with Crippen molar-refractivity contribution in [3.63, 3.8) is 0 Å². The van der Waals surface area contributed by atoms with Crippen LogP contribution >= 0.6 is 24.0 Å². The molecule has 0 radical (unpaired) electrons. The minimum Gasteiger partial charge on any atom is -0.457 e. The summed E-state index contributed by atoms with van der Waals surface area (Å²) in [6.45, 7) is 4.02. The van der Waals surface area contributed by atoms with E-state index in [0.717, 1.165) is 49.2 Å². The Hall–Kier alpha value is -1.26. The van der Waals surface area contributed by atoms with E-state index in [1.54, 1.807) is 0 Å². The van der Waals surface area contributed by atoms with E-state index in [1.807, 2.05) is 37.3 Å². The predicted octanol–water partition coefficient (Wildman–Crippen LogP) is 5.54. The van der Waals surface area contributed by atoms with Crippen LogP contribution in [0.25, 0.3) is 0 Å². The molecule has 0 aliphatic heterocycles. The van der Waals surface area contributed by atoms with Crippen molar-refractivity contribution in [3.05, 3.63) is 58.6 Å². The highest BCUT2D eigenvalue weighted by atomic mass is 35.5. The molecule has 0 bridgehead atoms. The van der Waals surface area contributed by atoms with Gasteiger partial charge >= 0.3 is 0 Å². The fourth-order valence-corrected chi connectivity index (χ4v) is 3.01. The molecular formula is C21H29Cl2NO2. The van der Waals surface area contributed by atoms with Crippen LogP contribution in [0, 0.1) is 0 Å². The number of nitrogens with two attached hydrogens (primary N) is 1. The molecule has 0 spiro atoms. The molecular weight excluding hydrogens is 369 g/mol. The number of halogens is 2. The maximum atomic E-state index is 9.21. The molecule has 1 atom stereocenters. The molecule has 0 aliphatic carbocycles. The highest BCUT2D eigenvalue weighted by Crippen LogP contribution is 2.28. The second-order valence-corrected chi connectivity index (χ2v) is 7.33. The number of benzene rings is 2. The zero-order chi connectivity index (χ0) is 18.3. The smallest absolute Gasteiger partial charge is 0.128 e. The lowest BCUT2D eigenvalue weighted by atomic mass is 9.95. The molecule has 1 unspecified atom stereocenters. The van der Waals surface area contributed by atoms with Crippen molar-refractivity contribution >= 4 is 24.0 Å². The van der Waals surface area contributed by atoms with Gasteiger partial charge in [0.25, 0.3) is 0 Å². The molecule has 0 saturated carbocycles. The van der Waals surface area contributed by atoms with Crippen molar-refractivity contribution in [1.82, 2.24) is 0 Å². The molecule has 5 heteroatoms. The Morgan fingerprint density at radius 3 is 2.50 bits per heavy atom. The van der Waals surface area contributed by atoms with Gasteiger partial charge in [-0.15, -0.1) is 12.4 Å². The molecule has 0 aliphatic rings. The predicted molar refractivity (Wildman–Crippen MR) is 112 cm³/mol. The quantitative estimate of drug-likeness (QED) is 0.583. The Labute approximate surface area is 167 Å². The van der Waals surface area contributed by atoms with E-state index in [2.05, 4.69) is 19.1 Å². The molecule has 0 amide bonds. The fourth-order valence-electron chi connectivity index (χ4n) is 2.75. The summed E-state index contributed by atoms with van der Waals surface area (Å²) in [4.78, 5) is 0. The van der Waals surface area contributed by atoms with E-state index >= 15 is 0 Å². The summed E-state index contributed by atoms with van der Waals surface area (Å²) in [5, 5.41) is 9.91. The van der Waals surface area contributed by atoms with Gasteiger partial charge in [-0.2, -0.15) is 0 Å². The number of hydrogen-bond donors (Lipinski definition) is 2. The Balaban J connectivity index is 0.00000338. The third-order valence-electron chi connectivity index (χ3n) is 4.25. The molecule has 3 nitrogen and oxygen atoms in total. The molecule has 2 aromatic rings. The average molecular weight is 398 g/mol. The topological polar surface area (TPSA) is 55.5 Å².